The molecule has 1 atom stereocenters. The number of likely N-dealkylation sites (tertiary alicyclic amines) is 1. The molecule has 2 aliphatic heterocycles. The van der Waals surface area contributed by atoms with E-state index in [-0.39, 0.29) is 23.6 Å². The fourth-order valence-corrected chi connectivity index (χ4v) is 6.07. The van der Waals surface area contributed by atoms with Gasteiger partial charge in [0.25, 0.3) is 5.91 Å². The minimum Gasteiger partial charge on any atom is -0.493 e. The lowest BCUT2D eigenvalue weighted by atomic mass is 10.0. The maximum absolute atomic E-state index is 13.5. The second-order valence-electron chi connectivity index (χ2n) is 10.2. The van der Waals surface area contributed by atoms with E-state index in [4.69, 9.17) is 9.47 Å². The number of amidine groups is 1. The van der Waals surface area contributed by atoms with Crippen LogP contribution in [0.25, 0.3) is 6.08 Å². The number of ether oxygens (including phenoxy) is 2. The molecule has 13 heteroatoms. The number of hydrogen-bond donors (Lipinski definition) is 0. The smallest absolute Gasteiger partial charge is 0.416 e. The molecule has 1 fully saturated rings. The van der Waals surface area contributed by atoms with Gasteiger partial charge in [0.15, 0.2) is 16.7 Å². The lowest BCUT2D eigenvalue weighted by Gasteiger charge is -2.30. The molecule has 2 aromatic carbocycles. The number of rotatable bonds is 6. The van der Waals surface area contributed by atoms with Crippen molar-refractivity contribution in [3.05, 3.63) is 93.6 Å². The standard InChI is InChI=1S/C31H27F6N3O3S/c1-42-26-15-19(9-12-25(26)43-18-20-10-11-21(30(32,33)34)17-22(20)31(35,36)37)16-27-28(41)39-29(44-27)40-14-6-2-3-8-24(40)23-7-4-5-13-38-23/h4-5,7,9-13,15-17,24H,2-3,6,8,14,18H2,1H3. The summed E-state index contributed by atoms with van der Waals surface area (Å²) in [5.41, 5.74) is -1.83. The first kappa shape index (κ1) is 31.4. The van der Waals surface area contributed by atoms with Crippen molar-refractivity contribution in [1.29, 1.82) is 0 Å². The van der Waals surface area contributed by atoms with Crippen LogP contribution < -0.4 is 9.47 Å². The Morgan fingerprint density at radius 1 is 0.977 bits per heavy atom. The molecule has 0 aliphatic carbocycles. The van der Waals surface area contributed by atoms with Crippen molar-refractivity contribution in [3.8, 4) is 11.5 Å². The number of pyridine rings is 1. The fourth-order valence-electron chi connectivity index (χ4n) is 5.08. The van der Waals surface area contributed by atoms with Crippen LogP contribution in [0.3, 0.4) is 0 Å². The number of carbonyl (C=O) groups is 1. The highest BCUT2D eigenvalue weighted by Crippen LogP contribution is 2.40. The Balaban J connectivity index is 1.33. The highest BCUT2D eigenvalue weighted by molar-refractivity contribution is 8.18. The maximum atomic E-state index is 13.5. The van der Waals surface area contributed by atoms with E-state index in [0.29, 0.717) is 21.7 Å². The molecule has 0 radical (unpaired) electrons. The molecule has 1 aromatic heterocycles. The highest BCUT2D eigenvalue weighted by atomic mass is 32.2. The molecule has 0 bridgehead atoms. The Morgan fingerprint density at radius 3 is 2.50 bits per heavy atom. The van der Waals surface area contributed by atoms with Gasteiger partial charge in [-0.15, -0.1) is 0 Å². The summed E-state index contributed by atoms with van der Waals surface area (Å²) in [5.74, 6) is -0.151. The molecular formula is C31H27F6N3O3S. The van der Waals surface area contributed by atoms with E-state index in [1.165, 1.54) is 24.9 Å². The number of nitrogens with zero attached hydrogens (tertiary/aromatic N) is 3. The average Bonchev–Trinajstić information content (AvgIpc) is 3.18. The molecule has 0 saturated carbocycles. The molecule has 1 saturated heterocycles. The third-order valence-corrected chi connectivity index (χ3v) is 8.27. The quantitative estimate of drug-likeness (QED) is 0.201. The van der Waals surface area contributed by atoms with E-state index in [2.05, 4.69) is 14.9 Å². The van der Waals surface area contributed by atoms with Crippen LogP contribution >= 0.6 is 11.8 Å². The van der Waals surface area contributed by atoms with Crippen molar-refractivity contribution >= 4 is 28.9 Å². The van der Waals surface area contributed by atoms with Gasteiger partial charge >= 0.3 is 12.4 Å². The number of methoxy groups -OCH3 is 1. The van der Waals surface area contributed by atoms with Crippen molar-refractivity contribution < 1.29 is 40.6 Å². The van der Waals surface area contributed by atoms with Gasteiger partial charge in [-0.3, -0.25) is 9.78 Å². The minimum atomic E-state index is -5.02. The molecule has 6 nitrogen and oxygen atoms in total. The molecule has 5 rings (SSSR count). The van der Waals surface area contributed by atoms with Crippen LogP contribution in [0.1, 0.15) is 59.7 Å². The summed E-state index contributed by atoms with van der Waals surface area (Å²) >= 11 is 1.26. The Kier molecular flexibility index (Phi) is 9.23. The number of benzene rings is 2. The largest absolute Gasteiger partial charge is 0.493 e. The van der Waals surface area contributed by atoms with Crippen molar-refractivity contribution in [3.63, 3.8) is 0 Å². The van der Waals surface area contributed by atoms with E-state index in [1.54, 1.807) is 24.4 Å². The third kappa shape index (κ3) is 7.20. The molecule has 1 unspecified atom stereocenters. The minimum absolute atomic E-state index is 0.00356. The van der Waals surface area contributed by atoms with Gasteiger partial charge in [0.1, 0.15) is 6.61 Å². The zero-order valence-corrected chi connectivity index (χ0v) is 24.2. The fraction of sp³-hybridized carbons (Fsp3) is 0.323. The summed E-state index contributed by atoms with van der Waals surface area (Å²) in [4.78, 5) is 24.3. The van der Waals surface area contributed by atoms with Crippen LogP contribution in [-0.2, 0) is 23.8 Å². The van der Waals surface area contributed by atoms with Crippen LogP contribution in [0, 0.1) is 0 Å². The Hall–Kier alpha value is -4.00. The lowest BCUT2D eigenvalue weighted by Crippen LogP contribution is -2.32. The monoisotopic (exact) mass is 635 g/mol. The van der Waals surface area contributed by atoms with Crippen LogP contribution in [0.5, 0.6) is 11.5 Å². The van der Waals surface area contributed by atoms with Gasteiger partial charge in [-0.25, -0.2) is 0 Å². The predicted molar refractivity (Wildman–Crippen MR) is 154 cm³/mol. The number of thioether (sulfide) groups is 1. The second-order valence-corrected chi connectivity index (χ2v) is 11.2. The van der Waals surface area contributed by atoms with E-state index >= 15 is 0 Å². The summed E-state index contributed by atoms with van der Waals surface area (Å²) < 4.78 is 90.6. The molecular weight excluding hydrogens is 608 g/mol. The Labute approximate surface area is 253 Å². The number of amides is 1. The number of aliphatic imine (C=N–C) groups is 1. The molecule has 44 heavy (non-hydrogen) atoms. The van der Waals surface area contributed by atoms with Crippen molar-refractivity contribution in [1.82, 2.24) is 9.88 Å². The normalized spacial score (nSPS) is 18.8. The summed E-state index contributed by atoms with van der Waals surface area (Å²) in [6, 6.07) is 11.8. The molecule has 0 spiro atoms. The number of aromatic nitrogens is 1. The van der Waals surface area contributed by atoms with Gasteiger partial charge in [0.2, 0.25) is 0 Å². The third-order valence-electron chi connectivity index (χ3n) is 7.25. The van der Waals surface area contributed by atoms with Gasteiger partial charge < -0.3 is 14.4 Å². The summed E-state index contributed by atoms with van der Waals surface area (Å²) in [6.07, 6.45) is -2.59. The predicted octanol–water partition coefficient (Wildman–Crippen LogP) is 8.29. The topological polar surface area (TPSA) is 64.0 Å². The van der Waals surface area contributed by atoms with Crippen molar-refractivity contribution in [2.75, 3.05) is 13.7 Å². The molecule has 0 N–H and O–H groups in total. The van der Waals surface area contributed by atoms with Gasteiger partial charge in [-0.1, -0.05) is 31.0 Å². The van der Waals surface area contributed by atoms with E-state index < -0.39 is 41.6 Å². The number of hydrogen-bond acceptors (Lipinski definition) is 6. The summed E-state index contributed by atoms with van der Waals surface area (Å²) in [5, 5.41) is 0.600. The van der Waals surface area contributed by atoms with E-state index in [1.807, 2.05) is 18.2 Å². The molecule has 2 aliphatic rings. The first-order chi connectivity index (χ1) is 20.9. The van der Waals surface area contributed by atoms with Gasteiger partial charge in [-0.05, 0) is 72.6 Å². The number of carbonyl (C=O) groups excluding carboxylic acids is 1. The molecule has 3 heterocycles. The van der Waals surface area contributed by atoms with Crippen LogP contribution in [0.15, 0.2) is 70.7 Å². The zero-order chi connectivity index (χ0) is 31.5. The van der Waals surface area contributed by atoms with Crippen LogP contribution in [0.4, 0.5) is 26.3 Å². The first-order valence-electron chi connectivity index (χ1n) is 13.7. The van der Waals surface area contributed by atoms with Gasteiger partial charge in [-0.2, -0.15) is 31.3 Å². The summed E-state index contributed by atoms with van der Waals surface area (Å²) in [7, 11) is 1.34. The van der Waals surface area contributed by atoms with Gasteiger partial charge in [0, 0.05) is 18.3 Å². The number of alkyl halides is 6. The second kappa shape index (κ2) is 12.9. The average molecular weight is 636 g/mol. The van der Waals surface area contributed by atoms with E-state index in [9.17, 15) is 31.1 Å². The van der Waals surface area contributed by atoms with Crippen molar-refractivity contribution in [2.45, 2.75) is 50.7 Å². The SMILES string of the molecule is COc1cc(C=C2SC(N3CCCCCC3c3ccccn3)=NC2=O)ccc1OCc1ccc(C(F)(F)F)cc1C(F)(F)F. The zero-order valence-electron chi connectivity index (χ0n) is 23.4. The lowest BCUT2D eigenvalue weighted by molar-refractivity contribution is -0.143. The number of halogens is 6. The maximum Gasteiger partial charge on any atom is 0.416 e. The Morgan fingerprint density at radius 2 is 1.80 bits per heavy atom. The van der Waals surface area contributed by atoms with Crippen LogP contribution in [-0.4, -0.2) is 34.6 Å². The highest BCUT2D eigenvalue weighted by Gasteiger charge is 2.38. The Bertz CT molecular complexity index is 1570. The molecule has 232 valence electrons. The van der Waals surface area contributed by atoms with E-state index in [0.717, 1.165) is 44.0 Å². The van der Waals surface area contributed by atoms with Crippen LogP contribution in [0.2, 0.25) is 0 Å². The van der Waals surface area contributed by atoms with Gasteiger partial charge in [0.05, 0.1) is 34.9 Å². The molecule has 3 aromatic rings. The first-order valence-corrected chi connectivity index (χ1v) is 14.5. The van der Waals surface area contributed by atoms with Crippen molar-refractivity contribution in [2.24, 2.45) is 4.99 Å². The molecule has 1 amide bonds. The summed E-state index contributed by atoms with van der Waals surface area (Å²) in [6.45, 7) is 0.0884.